The first-order valence-electron chi connectivity index (χ1n) is 14.3. The fourth-order valence-corrected chi connectivity index (χ4v) is 5.97. The molecular formula is C37H37N3. The minimum atomic E-state index is -0.114. The number of hydrogen-bond donors (Lipinski definition) is 1. The van der Waals surface area contributed by atoms with Gasteiger partial charge in [-0.15, -0.1) is 0 Å². The number of aryl methyl sites for hydroxylation is 1. The van der Waals surface area contributed by atoms with Gasteiger partial charge in [0, 0.05) is 18.3 Å². The minimum Gasteiger partial charge on any atom is -0.371 e. The van der Waals surface area contributed by atoms with Gasteiger partial charge in [0.25, 0.3) is 0 Å². The van der Waals surface area contributed by atoms with Crippen molar-refractivity contribution < 1.29 is 0 Å². The normalized spacial score (nSPS) is 12.5. The molecule has 1 atom stereocenters. The van der Waals surface area contributed by atoms with Crippen LogP contribution in [0.15, 0.2) is 109 Å². The average Bonchev–Trinajstić information content (AvgIpc) is 3.31. The number of anilines is 1. The molecule has 1 heterocycles. The van der Waals surface area contributed by atoms with Crippen LogP contribution in [0.2, 0.25) is 0 Å². The van der Waals surface area contributed by atoms with E-state index < -0.39 is 0 Å². The Kier molecular flexibility index (Phi) is 6.89. The average molecular weight is 524 g/mol. The number of fused-ring (bicyclic) bond motifs is 2. The van der Waals surface area contributed by atoms with Gasteiger partial charge in [0.05, 0.1) is 11.0 Å². The molecule has 1 unspecified atom stereocenters. The highest BCUT2D eigenvalue weighted by Gasteiger charge is 2.25. The van der Waals surface area contributed by atoms with Crippen LogP contribution in [-0.4, -0.2) is 9.55 Å². The van der Waals surface area contributed by atoms with Crippen molar-refractivity contribution in [2.45, 2.75) is 45.6 Å². The Labute approximate surface area is 237 Å². The summed E-state index contributed by atoms with van der Waals surface area (Å²) in [5.74, 6) is 1.80. The third kappa shape index (κ3) is 4.56. The summed E-state index contributed by atoms with van der Waals surface area (Å²) in [6, 6.07) is 39.0. The molecule has 3 nitrogen and oxygen atoms in total. The van der Waals surface area contributed by atoms with Crippen LogP contribution in [0.3, 0.4) is 0 Å². The number of rotatable bonds is 7. The van der Waals surface area contributed by atoms with Crippen molar-refractivity contribution in [1.82, 2.24) is 9.55 Å². The van der Waals surface area contributed by atoms with Crippen LogP contribution in [0.25, 0.3) is 32.9 Å². The van der Waals surface area contributed by atoms with Gasteiger partial charge in [0.2, 0.25) is 0 Å². The van der Waals surface area contributed by atoms with Crippen molar-refractivity contribution in [1.29, 1.82) is 0 Å². The molecule has 0 aliphatic rings. The molecule has 0 spiro atoms. The summed E-state index contributed by atoms with van der Waals surface area (Å²) in [5.41, 5.74) is 9.62. The number of imidazole rings is 1. The van der Waals surface area contributed by atoms with Crippen LogP contribution in [0.4, 0.5) is 5.69 Å². The van der Waals surface area contributed by atoms with Gasteiger partial charge in [-0.05, 0) is 50.9 Å². The molecule has 0 amide bonds. The van der Waals surface area contributed by atoms with Crippen LogP contribution in [0, 0.1) is 0 Å². The molecule has 1 N–H and O–H groups in total. The predicted molar refractivity (Wildman–Crippen MR) is 170 cm³/mol. The maximum Gasteiger partial charge on any atom is 0.136 e. The van der Waals surface area contributed by atoms with E-state index in [1.807, 2.05) is 0 Å². The zero-order valence-electron chi connectivity index (χ0n) is 24.0. The standard InChI is InChI=1S/C37H37N3/c1-24(2)28-19-12-20-29(25(3)4)35(28)38-34(27-15-7-6-8-16-27)37-39-36-32(22-13-23-33(36)40(37)5)31-21-11-17-26-14-9-10-18-30(26)31/h6-25,34,38H,1-5H3. The Morgan fingerprint density at radius 1 is 0.625 bits per heavy atom. The lowest BCUT2D eigenvalue weighted by Crippen LogP contribution is -2.19. The maximum absolute atomic E-state index is 5.42. The van der Waals surface area contributed by atoms with Crippen molar-refractivity contribution >= 4 is 27.5 Å². The Hall–Kier alpha value is -4.37. The van der Waals surface area contributed by atoms with Crippen molar-refractivity contribution in [3.05, 3.63) is 132 Å². The van der Waals surface area contributed by atoms with Gasteiger partial charge in [-0.1, -0.05) is 131 Å². The highest BCUT2D eigenvalue weighted by Crippen LogP contribution is 2.39. The second-order valence-electron chi connectivity index (χ2n) is 11.3. The molecule has 0 aliphatic carbocycles. The van der Waals surface area contributed by atoms with E-state index in [9.17, 15) is 0 Å². The van der Waals surface area contributed by atoms with Crippen LogP contribution in [0.5, 0.6) is 0 Å². The molecule has 6 aromatic rings. The number of nitrogens with zero attached hydrogens (tertiary/aromatic N) is 2. The highest BCUT2D eigenvalue weighted by molar-refractivity contribution is 6.03. The van der Waals surface area contributed by atoms with Crippen LogP contribution in [-0.2, 0) is 7.05 Å². The van der Waals surface area contributed by atoms with E-state index in [-0.39, 0.29) is 6.04 Å². The second kappa shape index (κ2) is 10.7. The number of hydrogen-bond acceptors (Lipinski definition) is 2. The first kappa shape index (κ1) is 25.9. The van der Waals surface area contributed by atoms with Gasteiger partial charge < -0.3 is 9.88 Å². The molecule has 0 saturated carbocycles. The summed E-state index contributed by atoms with van der Waals surface area (Å²) in [6.07, 6.45) is 0. The van der Waals surface area contributed by atoms with Gasteiger partial charge >= 0.3 is 0 Å². The quantitative estimate of drug-likeness (QED) is 0.226. The van der Waals surface area contributed by atoms with Gasteiger partial charge in [0.15, 0.2) is 0 Å². The molecular weight excluding hydrogens is 486 g/mol. The lowest BCUT2D eigenvalue weighted by Gasteiger charge is -2.26. The molecule has 0 fully saturated rings. The lowest BCUT2D eigenvalue weighted by molar-refractivity contribution is 0.752. The zero-order chi connectivity index (χ0) is 27.8. The number of nitrogens with one attached hydrogen (secondary N) is 1. The molecule has 5 aromatic carbocycles. The first-order valence-corrected chi connectivity index (χ1v) is 14.3. The summed E-state index contributed by atoms with van der Waals surface area (Å²) in [6.45, 7) is 9.09. The Morgan fingerprint density at radius 2 is 1.23 bits per heavy atom. The van der Waals surface area contributed by atoms with Crippen molar-refractivity contribution in [3.8, 4) is 11.1 Å². The van der Waals surface area contributed by atoms with E-state index in [0.29, 0.717) is 11.8 Å². The molecule has 0 bridgehead atoms. The minimum absolute atomic E-state index is 0.114. The SMILES string of the molecule is CC(C)c1cccc(C(C)C)c1NC(c1ccccc1)c1nc2c(-c3cccc4ccccc34)cccc2n1C. The van der Waals surface area contributed by atoms with Gasteiger partial charge in [-0.3, -0.25) is 0 Å². The monoisotopic (exact) mass is 523 g/mol. The van der Waals surface area contributed by atoms with E-state index in [1.54, 1.807) is 0 Å². The van der Waals surface area contributed by atoms with Crippen LogP contribution in [0.1, 0.15) is 68.1 Å². The summed E-state index contributed by atoms with van der Waals surface area (Å²) in [5, 5.41) is 6.50. The van der Waals surface area contributed by atoms with E-state index in [1.165, 1.54) is 38.7 Å². The molecule has 3 heteroatoms. The number of aromatic nitrogens is 2. The Balaban J connectivity index is 1.57. The summed E-state index contributed by atoms with van der Waals surface area (Å²) in [4.78, 5) is 5.42. The Morgan fingerprint density at radius 3 is 1.95 bits per heavy atom. The molecule has 0 aliphatic heterocycles. The van der Waals surface area contributed by atoms with E-state index in [0.717, 1.165) is 22.4 Å². The maximum atomic E-state index is 5.42. The fourth-order valence-electron chi connectivity index (χ4n) is 5.97. The largest absolute Gasteiger partial charge is 0.371 e. The van der Waals surface area contributed by atoms with Gasteiger partial charge in [-0.2, -0.15) is 0 Å². The highest BCUT2D eigenvalue weighted by atomic mass is 15.1. The molecule has 6 rings (SSSR count). The van der Waals surface area contributed by atoms with Gasteiger partial charge in [0.1, 0.15) is 11.9 Å². The fraction of sp³-hybridized carbons (Fsp3) is 0.216. The number of benzene rings is 5. The smallest absolute Gasteiger partial charge is 0.136 e. The molecule has 40 heavy (non-hydrogen) atoms. The molecule has 1 aromatic heterocycles. The summed E-state index contributed by atoms with van der Waals surface area (Å²) < 4.78 is 2.27. The zero-order valence-corrected chi connectivity index (χ0v) is 24.0. The number of para-hydroxylation sites is 2. The van der Waals surface area contributed by atoms with Crippen LogP contribution < -0.4 is 5.32 Å². The third-order valence-electron chi connectivity index (χ3n) is 8.08. The van der Waals surface area contributed by atoms with E-state index >= 15 is 0 Å². The van der Waals surface area contributed by atoms with Crippen LogP contribution >= 0.6 is 0 Å². The third-order valence-corrected chi connectivity index (χ3v) is 8.08. The molecule has 200 valence electrons. The van der Waals surface area contributed by atoms with Crippen molar-refractivity contribution in [3.63, 3.8) is 0 Å². The van der Waals surface area contributed by atoms with Gasteiger partial charge in [-0.25, -0.2) is 4.98 Å². The predicted octanol–water partition coefficient (Wildman–Crippen LogP) is 9.84. The topological polar surface area (TPSA) is 29.9 Å². The lowest BCUT2D eigenvalue weighted by atomic mass is 9.91. The molecule has 0 radical (unpaired) electrons. The second-order valence-corrected chi connectivity index (χ2v) is 11.3. The summed E-state index contributed by atoms with van der Waals surface area (Å²) >= 11 is 0. The van der Waals surface area contributed by atoms with E-state index in [4.69, 9.17) is 4.98 Å². The Bertz CT molecular complexity index is 1760. The van der Waals surface area contributed by atoms with E-state index in [2.05, 4.69) is 154 Å². The van der Waals surface area contributed by atoms with Crippen molar-refractivity contribution in [2.24, 2.45) is 7.05 Å². The summed E-state index contributed by atoms with van der Waals surface area (Å²) in [7, 11) is 2.15. The first-order chi connectivity index (χ1) is 19.4. The van der Waals surface area contributed by atoms with Crippen molar-refractivity contribution in [2.75, 3.05) is 5.32 Å². The molecule has 0 saturated heterocycles.